The van der Waals surface area contributed by atoms with Crippen LogP contribution in [0.3, 0.4) is 0 Å². The lowest BCUT2D eigenvalue weighted by Crippen LogP contribution is -2.52. The van der Waals surface area contributed by atoms with Gasteiger partial charge in [-0.3, -0.25) is 13.9 Å². The molecule has 0 radical (unpaired) electrons. The molecule has 0 heterocycles. The second kappa shape index (κ2) is 14.5. The number of rotatable bonds is 14. The van der Waals surface area contributed by atoms with E-state index in [2.05, 4.69) is 5.32 Å². The number of unbranched alkanes of at least 4 members (excludes halogenated alkanes) is 1. The van der Waals surface area contributed by atoms with Crippen LogP contribution >= 0.6 is 0 Å². The molecule has 1 N–H and O–H groups in total. The molecular formula is C31H39N3O5S. The number of methoxy groups -OCH3 is 1. The van der Waals surface area contributed by atoms with Crippen LogP contribution in [-0.2, 0) is 26.2 Å². The number of nitrogens with one attached hydrogen (secondary N) is 1. The fraction of sp³-hybridized carbons (Fsp3) is 0.355. The molecule has 8 nitrogen and oxygen atoms in total. The molecule has 0 bridgehead atoms. The first-order valence-electron chi connectivity index (χ1n) is 13.6. The van der Waals surface area contributed by atoms with Crippen molar-refractivity contribution >= 4 is 27.5 Å². The zero-order valence-corrected chi connectivity index (χ0v) is 24.5. The van der Waals surface area contributed by atoms with Crippen LogP contribution in [0.4, 0.5) is 5.69 Å². The summed E-state index contributed by atoms with van der Waals surface area (Å²) in [5.74, 6) is -0.172. The maximum atomic E-state index is 14.0. The average molecular weight is 566 g/mol. The minimum Gasteiger partial charge on any atom is -0.497 e. The molecule has 0 fully saturated rings. The maximum absolute atomic E-state index is 14.0. The Bertz CT molecular complexity index is 1340. The van der Waals surface area contributed by atoms with Crippen LogP contribution in [0.2, 0.25) is 0 Å². The fourth-order valence-corrected chi connectivity index (χ4v) is 5.73. The third-order valence-electron chi connectivity index (χ3n) is 6.66. The minimum atomic E-state index is -4.12. The van der Waals surface area contributed by atoms with E-state index in [0.717, 1.165) is 28.3 Å². The second-order valence-corrected chi connectivity index (χ2v) is 11.5. The molecule has 3 aromatic carbocycles. The summed E-state index contributed by atoms with van der Waals surface area (Å²) in [7, 11) is -2.59. The highest BCUT2D eigenvalue weighted by Gasteiger charge is 2.33. The topological polar surface area (TPSA) is 96.0 Å². The van der Waals surface area contributed by atoms with E-state index in [9.17, 15) is 18.0 Å². The largest absolute Gasteiger partial charge is 0.497 e. The number of hydrogen-bond acceptors (Lipinski definition) is 5. The zero-order chi connectivity index (χ0) is 29.1. The number of carbonyl (C=O) groups excluding carboxylic acids is 2. The quantitative estimate of drug-likeness (QED) is 0.280. The predicted molar refractivity (Wildman–Crippen MR) is 158 cm³/mol. The molecule has 0 saturated carbocycles. The van der Waals surface area contributed by atoms with E-state index in [4.69, 9.17) is 4.74 Å². The Kier molecular flexibility index (Phi) is 11.1. The van der Waals surface area contributed by atoms with Crippen molar-refractivity contribution in [3.05, 3.63) is 90.0 Å². The van der Waals surface area contributed by atoms with Gasteiger partial charge in [-0.25, -0.2) is 8.42 Å². The van der Waals surface area contributed by atoms with E-state index in [0.29, 0.717) is 24.4 Å². The lowest BCUT2D eigenvalue weighted by molar-refractivity contribution is -0.140. The Balaban J connectivity index is 2.02. The lowest BCUT2D eigenvalue weighted by atomic mass is 10.1. The molecule has 0 aliphatic rings. The number of ether oxygens (including phenoxy) is 1. The maximum Gasteiger partial charge on any atom is 0.264 e. The van der Waals surface area contributed by atoms with Crippen molar-refractivity contribution in [1.82, 2.24) is 10.2 Å². The normalized spacial score (nSPS) is 11.9. The molecule has 3 rings (SSSR count). The van der Waals surface area contributed by atoms with Crippen molar-refractivity contribution in [2.75, 3.05) is 24.5 Å². The first-order valence-corrected chi connectivity index (χ1v) is 15.0. The van der Waals surface area contributed by atoms with E-state index < -0.39 is 28.5 Å². The van der Waals surface area contributed by atoms with E-state index >= 15 is 0 Å². The van der Waals surface area contributed by atoms with Crippen molar-refractivity contribution < 1.29 is 22.7 Å². The molecule has 1 atom stereocenters. The Morgan fingerprint density at radius 3 is 2.15 bits per heavy atom. The van der Waals surface area contributed by atoms with E-state index in [1.807, 2.05) is 51.1 Å². The molecule has 3 aromatic rings. The van der Waals surface area contributed by atoms with Gasteiger partial charge in [-0.1, -0.05) is 68.3 Å². The summed E-state index contributed by atoms with van der Waals surface area (Å²) in [6, 6.07) is 21.6. The van der Waals surface area contributed by atoms with E-state index in [-0.39, 0.29) is 17.3 Å². The molecule has 0 saturated heterocycles. The van der Waals surface area contributed by atoms with Gasteiger partial charge in [0.05, 0.1) is 17.7 Å². The predicted octanol–water partition coefficient (Wildman–Crippen LogP) is 4.92. The SMILES string of the molecule is CCCCNC(=O)[C@@H](CC)N(Cc1ccccc1)C(=O)CN(c1ccc(OC)cc1)S(=O)(=O)c1ccc(C)cc1. The first-order chi connectivity index (χ1) is 19.2. The number of amides is 2. The van der Waals surface area contributed by atoms with Crippen LogP contribution in [0, 0.1) is 6.92 Å². The van der Waals surface area contributed by atoms with E-state index in [1.165, 1.54) is 24.1 Å². The summed E-state index contributed by atoms with van der Waals surface area (Å²) in [6.45, 7) is 5.96. The van der Waals surface area contributed by atoms with Gasteiger partial charge in [0.1, 0.15) is 18.3 Å². The Hall–Kier alpha value is -3.85. The molecule has 2 amide bonds. The standard InChI is InChI=1S/C31H39N3O5S/c1-5-7-21-32-31(36)29(6-2)33(22-25-11-9-8-10-12-25)30(35)23-34(26-15-17-27(39-4)18-16-26)40(37,38)28-19-13-24(3)14-20-28/h8-20,29H,5-7,21-23H2,1-4H3,(H,32,36)/t29-/m1/s1. The van der Waals surface area contributed by atoms with Crippen molar-refractivity contribution in [2.45, 2.75) is 57.5 Å². The summed E-state index contributed by atoms with van der Waals surface area (Å²) in [5, 5.41) is 2.94. The molecule has 0 unspecified atom stereocenters. The van der Waals surface area contributed by atoms with Crippen LogP contribution in [0.25, 0.3) is 0 Å². The van der Waals surface area contributed by atoms with Gasteiger partial charge in [0.15, 0.2) is 0 Å². The summed E-state index contributed by atoms with van der Waals surface area (Å²) in [4.78, 5) is 28.8. The van der Waals surface area contributed by atoms with Crippen molar-refractivity contribution in [1.29, 1.82) is 0 Å². The van der Waals surface area contributed by atoms with Gasteiger partial charge in [-0.2, -0.15) is 0 Å². The fourth-order valence-electron chi connectivity index (χ4n) is 4.32. The van der Waals surface area contributed by atoms with Gasteiger partial charge >= 0.3 is 0 Å². The Morgan fingerprint density at radius 2 is 1.57 bits per heavy atom. The van der Waals surface area contributed by atoms with Crippen molar-refractivity contribution in [3.63, 3.8) is 0 Å². The van der Waals surface area contributed by atoms with Gasteiger partial charge in [-0.15, -0.1) is 0 Å². The third kappa shape index (κ3) is 7.85. The average Bonchev–Trinajstić information content (AvgIpc) is 2.96. The highest BCUT2D eigenvalue weighted by atomic mass is 32.2. The molecule has 0 spiro atoms. The van der Waals surface area contributed by atoms with Gasteiger partial charge < -0.3 is 15.0 Å². The number of nitrogens with zero attached hydrogens (tertiary/aromatic N) is 2. The van der Waals surface area contributed by atoms with Crippen LogP contribution < -0.4 is 14.4 Å². The zero-order valence-electron chi connectivity index (χ0n) is 23.7. The number of aryl methyl sites for hydroxylation is 1. The smallest absolute Gasteiger partial charge is 0.264 e. The molecule has 40 heavy (non-hydrogen) atoms. The number of anilines is 1. The van der Waals surface area contributed by atoms with Crippen LogP contribution in [-0.4, -0.2) is 51.4 Å². The highest BCUT2D eigenvalue weighted by molar-refractivity contribution is 7.92. The number of hydrogen-bond donors (Lipinski definition) is 1. The molecule has 9 heteroatoms. The van der Waals surface area contributed by atoms with Crippen LogP contribution in [0.15, 0.2) is 83.8 Å². The first kappa shape index (κ1) is 30.7. The van der Waals surface area contributed by atoms with Gasteiger partial charge in [0, 0.05) is 13.1 Å². The molecule has 214 valence electrons. The molecule has 0 aliphatic carbocycles. The van der Waals surface area contributed by atoms with Crippen molar-refractivity contribution in [3.8, 4) is 5.75 Å². The van der Waals surface area contributed by atoms with Gasteiger partial charge in [-0.05, 0) is 61.7 Å². The van der Waals surface area contributed by atoms with Crippen LogP contribution in [0.1, 0.15) is 44.2 Å². The summed E-state index contributed by atoms with van der Waals surface area (Å²) < 4.78 is 34.2. The van der Waals surface area contributed by atoms with E-state index in [1.54, 1.807) is 36.4 Å². The Labute approximate surface area is 238 Å². The number of benzene rings is 3. The lowest BCUT2D eigenvalue weighted by Gasteiger charge is -2.33. The third-order valence-corrected chi connectivity index (χ3v) is 8.45. The second-order valence-electron chi connectivity index (χ2n) is 9.60. The molecule has 0 aliphatic heterocycles. The Morgan fingerprint density at radius 1 is 0.925 bits per heavy atom. The minimum absolute atomic E-state index is 0.0701. The summed E-state index contributed by atoms with van der Waals surface area (Å²) >= 11 is 0. The molecular weight excluding hydrogens is 526 g/mol. The van der Waals surface area contributed by atoms with Crippen LogP contribution in [0.5, 0.6) is 5.75 Å². The summed E-state index contributed by atoms with van der Waals surface area (Å²) in [6.07, 6.45) is 2.13. The van der Waals surface area contributed by atoms with Gasteiger partial charge in [0.25, 0.3) is 10.0 Å². The molecule has 0 aromatic heterocycles. The van der Waals surface area contributed by atoms with Gasteiger partial charge in [0.2, 0.25) is 11.8 Å². The monoisotopic (exact) mass is 565 g/mol. The van der Waals surface area contributed by atoms with Crippen molar-refractivity contribution in [2.24, 2.45) is 0 Å². The summed E-state index contributed by atoms with van der Waals surface area (Å²) in [5.41, 5.74) is 2.07. The number of sulfonamides is 1. The highest BCUT2D eigenvalue weighted by Crippen LogP contribution is 2.27. The number of carbonyl (C=O) groups is 2.